The van der Waals surface area contributed by atoms with Gasteiger partial charge in [0.1, 0.15) is 11.6 Å². The van der Waals surface area contributed by atoms with Gasteiger partial charge >= 0.3 is 0 Å². The SMILES string of the molecule is c1cc(-c2cnc(C3CCCC3)[nH]2)ccc1-c1ccc2c(ccc3[nH]c([C@@H]4CCCN4)nc32)c1. The van der Waals surface area contributed by atoms with Crippen molar-refractivity contribution in [2.45, 2.75) is 50.5 Å². The summed E-state index contributed by atoms with van der Waals surface area (Å²) in [6.45, 7) is 1.08. The first-order chi connectivity index (χ1) is 16.8. The van der Waals surface area contributed by atoms with E-state index in [4.69, 9.17) is 4.98 Å². The normalized spacial score (nSPS) is 19.0. The molecule has 0 radical (unpaired) electrons. The number of nitrogens with one attached hydrogen (secondary N) is 3. The van der Waals surface area contributed by atoms with E-state index < -0.39 is 0 Å². The summed E-state index contributed by atoms with van der Waals surface area (Å²) >= 11 is 0. The molecule has 1 aliphatic heterocycles. The Morgan fingerprint density at radius 3 is 2.38 bits per heavy atom. The predicted molar refractivity (Wildman–Crippen MR) is 138 cm³/mol. The summed E-state index contributed by atoms with van der Waals surface area (Å²) in [5.41, 5.74) is 6.93. The summed E-state index contributed by atoms with van der Waals surface area (Å²) in [4.78, 5) is 16.8. The Labute approximate surface area is 199 Å². The van der Waals surface area contributed by atoms with E-state index in [0.29, 0.717) is 12.0 Å². The Morgan fingerprint density at radius 1 is 0.735 bits per heavy atom. The lowest BCUT2D eigenvalue weighted by molar-refractivity contribution is 0.614. The lowest BCUT2D eigenvalue weighted by atomic mass is 9.99. The first-order valence-corrected chi connectivity index (χ1v) is 12.6. The smallest absolute Gasteiger partial charge is 0.124 e. The number of nitrogens with zero attached hydrogens (tertiary/aromatic N) is 2. The second kappa shape index (κ2) is 8.10. The van der Waals surface area contributed by atoms with E-state index >= 15 is 0 Å². The average molecular weight is 448 g/mol. The van der Waals surface area contributed by atoms with Crippen molar-refractivity contribution in [1.29, 1.82) is 0 Å². The first kappa shape index (κ1) is 20.0. The fraction of sp³-hybridized carbons (Fsp3) is 0.310. The monoisotopic (exact) mass is 447 g/mol. The highest BCUT2D eigenvalue weighted by molar-refractivity contribution is 6.05. The number of imidazole rings is 2. The maximum absolute atomic E-state index is 4.97. The van der Waals surface area contributed by atoms with E-state index in [1.165, 1.54) is 59.6 Å². The molecule has 0 bridgehead atoms. The Hall–Kier alpha value is -3.44. The Morgan fingerprint density at radius 2 is 1.56 bits per heavy atom. The zero-order valence-corrected chi connectivity index (χ0v) is 19.3. The van der Waals surface area contributed by atoms with Gasteiger partial charge in [0.25, 0.3) is 0 Å². The number of fused-ring (bicyclic) bond motifs is 3. The molecule has 5 aromatic rings. The summed E-state index contributed by atoms with van der Waals surface area (Å²) in [7, 11) is 0. The molecule has 7 rings (SSSR count). The van der Waals surface area contributed by atoms with Crippen LogP contribution in [0.2, 0.25) is 0 Å². The van der Waals surface area contributed by atoms with Gasteiger partial charge < -0.3 is 15.3 Å². The van der Waals surface area contributed by atoms with Crippen molar-refractivity contribution in [2.24, 2.45) is 0 Å². The van der Waals surface area contributed by atoms with Crippen LogP contribution in [0.1, 0.15) is 62.1 Å². The first-order valence-electron chi connectivity index (χ1n) is 12.6. The van der Waals surface area contributed by atoms with Crippen LogP contribution in [0.4, 0.5) is 0 Å². The van der Waals surface area contributed by atoms with Crippen LogP contribution in [-0.4, -0.2) is 26.5 Å². The van der Waals surface area contributed by atoms with Crippen LogP contribution in [0.3, 0.4) is 0 Å². The molecule has 1 saturated carbocycles. The molecule has 2 fully saturated rings. The molecule has 1 atom stereocenters. The van der Waals surface area contributed by atoms with Crippen molar-refractivity contribution < 1.29 is 0 Å². The lowest BCUT2D eigenvalue weighted by Crippen LogP contribution is -2.13. The van der Waals surface area contributed by atoms with Crippen LogP contribution in [0.5, 0.6) is 0 Å². The van der Waals surface area contributed by atoms with Crippen molar-refractivity contribution in [3.63, 3.8) is 0 Å². The van der Waals surface area contributed by atoms with E-state index in [-0.39, 0.29) is 0 Å². The molecule has 3 heterocycles. The average Bonchev–Trinajstić information content (AvgIpc) is 3.70. The number of hydrogen-bond donors (Lipinski definition) is 3. The number of aromatic amines is 2. The Kier molecular flexibility index (Phi) is 4.76. The molecule has 34 heavy (non-hydrogen) atoms. The standard InChI is InChI=1S/C29H29N5/c1-2-5-20(4-1)28-31-17-26(33-28)19-9-7-18(8-10-19)21-11-13-23-22(16-21)12-14-24-27(23)34-29(32-24)25-6-3-15-30-25/h7-14,16-17,20,25,30H,1-6,15H2,(H,31,33)(H,32,34)/t25-/m0/s1. The quantitative estimate of drug-likeness (QED) is 0.282. The summed E-state index contributed by atoms with van der Waals surface area (Å²) in [6.07, 6.45) is 9.53. The molecule has 170 valence electrons. The van der Waals surface area contributed by atoms with Crippen molar-refractivity contribution in [3.8, 4) is 22.4 Å². The minimum atomic E-state index is 0.351. The number of benzene rings is 3. The largest absolute Gasteiger partial charge is 0.342 e. The second-order valence-electron chi connectivity index (χ2n) is 9.91. The third-order valence-corrected chi connectivity index (χ3v) is 7.74. The molecule has 0 spiro atoms. The van der Waals surface area contributed by atoms with Gasteiger partial charge in [0, 0.05) is 11.3 Å². The van der Waals surface area contributed by atoms with Gasteiger partial charge in [-0.2, -0.15) is 0 Å². The van der Waals surface area contributed by atoms with Crippen molar-refractivity contribution >= 4 is 21.8 Å². The molecule has 2 aromatic heterocycles. The highest BCUT2D eigenvalue weighted by Crippen LogP contribution is 2.34. The van der Waals surface area contributed by atoms with Gasteiger partial charge in [-0.1, -0.05) is 55.3 Å². The van der Waals surface area contributed by atoms with Gasteiger partial charge in [-0.05, 0) is 66.4 Å². The predicted octanol–water partition coefficient (Wildman–Crippen LogP) is 6.86. The molecule has 2 aliphatic rings. The Bertz CT molecular complexity index is 1460. The Balaban J connectivity index is 1.18. The van der Waals surface area contributed by atoms with Gasteiger partial charge in [-0.25, -0.2) is 9.97 Å². The van der Waals surface area contributed by atoms with E-state index in [0.717, 1.165) is 41.3 Å². The minimum Gasteiger partial charge on any atom is -0.342 e. The van der Waals surface area contributed by atoms with Crippen LogP contribution in [0.15, 0.2) is 60.8 Å². The topological polar surface area (TPSA) is 69.4 Å². The van der Waals surface area contributed by atoms with Gasteiger partial charge in [0.15, 0.2) is 0 Å². The van der Waals surface area contributed by atoms with Crippen LogP contribution in [0, 0.1) is 0 Å². The highest BCUT2D eigenvalue weighted by Gasteiger charge is 2.21. The number of rotatable bonds is 4. The summed E-state index contributed by atoms with van der Waals surface area (Å²) in [5, 5.41) is 5.97. The number of H-pyrrole nitrogens is 2. The second-order valence-corrected chi connectivity index (χ2v) is 9.91. The van der Waals surface area contributed by atoms with Crippen molar-refractivity contribution in [3.05, 3.63) is 72.4 Å². The molecule has 5 nitrogen and oxygen atoms in total. The maximum atomic E-state index is 4.97. The van der Waals surface area contributed by atoms with E-state index in [9.17, 15) is 0 Å². The van der Waals surface area contributed by atoms with Crippen LogP contribution < -0.4 is 5.32 Å². The maximum Gasteiger partial charge on any atom is 0.124 e. The molecule has 3 aromatic carbocycles. The van der Waals surface area contributed by atoms with Crippen molar-refractivity contribution in [1.82, 2.24) is 25.3 Å². The van der Waals surface area contributed by atoms with Gasteiger partial charge in [-0.15, -0.1) is 0 Å². The molecule has 1 aliphatic carbocycles. The highest BCUT2D eigenvalue weighted by atomic mass is 15.0. The summed E-state index contributed by atoms with van der Waals surface area (Å²) in [5.74, 6) is 2.83. The van der Waals surface area contributed by atoms with E-state index in [2.05, 4.69) is 74.9 Å². The third kappa shape index (κ3) is 3.43. The zero-order valence-electron chi connectivity index (χ0n) is 19.3. The molecule has 5 heteroatoms. The zero-order chi connectivity index (χ0) is 22.5. The summed E-state index contributed by atoms with van der Waals surface area (Å²) < 4.78 is 0. The minimum absolute atomic E-state index is 0.351. The molecular weight excluding hydrogens is 418 g/mol. The van der Waals surface area contributed by atoms with Gasteiger partial charge in [0.2, 0.25) is 0 Å². The number of hydrogen-bond acceptors (Lipinski definition) is 3. The molecule has 1 saturated heterocycles. The van der Waals surface area contributed by atoms with Crippen LogP contribution in [0.25, 0.3) is 44.2 Å². The molecule has 0 unspecified atom stereocenters. The molecule has 0 amide bonds. The fourth-order valence-corrected chi connectivity index (χ4v) is 5.82. The fourth-order valence-electron chi connectivity index (χ4n) is 5.82. The third-order valence-electron chi connectivity index (χ3n) is 7.74. The van der Waals surface area contributed by atoms with Crippen LogP contribution >= 0.6 is 0 Å². The van der Waals surface area contributed by atoms with E-state index in [1.807, 2.05) is 6.20 Å². The van der Waals surface area contributed by atoms with Crippen LogP contribution in [-0.2, 0) is 0 Å². The molecule has 3 N–H and O–H groups in total. The lowest BCUT2D eigenvalue weighted by Gasteiger charge is -2.07. The van der Waals surface area contributed by atoms with E-state index in [1.54, 1.807) is 0 Å². The van der Waals surface area contributed by atoms with Gasteiger partial charge in [-0.3, -0.25) is 0 Å². The van der Waals surface area contributed by atoms with Crippen molar-refractivity contribution in [2.75, 3.05) is 6.54 Å². The number of aromatic nitrogens is 4. The van der Waals surface area contributed by atoms with Gasteiger partial charge in [0.05, 0.1) is 29.0 Å². The summed E-state index contributed by atoms with van der Waals surface area (Å²) in [6, 6.07) is 20.2. The molecular formula is C29H29N5.